The molecule has 0 bridgehead atoms. The quantitative estimate of drug-likeness (QED) is 0.313. The third kappa shape index (κ3) is 5.56. The van der Waals surface area contributed by atoms with Crippen LogP contribution in [0.3, 0.4) is 0 Å². The summed E-state index contributed by atoms with van der Waals surface area (Å²) in [4.78, 5) is 29.4. The minimum atomic E-state index is -0.106. The van der Waals surface area contributed by atoms with Crippen molar-refractivity contribution in [1.82, 2.24) is 19.4 Å². The van der Waals surface area contributed by atoms with Gasteiger partial charge in [0.05, 0.1) is 5.56 Å². The summed E-state index contributed by atoms with van der Waals surface area (Å²) in [5.74, 6) is 0.955. The molecule has 0 saturated carbocycles. The summed E-state index contributed by atoms with van der Waals surface area (Å²) in [6.07, 6.45) is 6.32. The van der Waals surface area contributed by atoms with Gasteiger partial charge >= 0.3 is 0 Å². The van der Waals surface area contributed by atoms with Gasteiger partial charge in [0, 0.05) is 42.6 Å². The molecule has 5 rings (SSSR count). The molecule has 1 saturated heterocycles. The largest absolute Gasteiger partial charge is 0.352 e. The van der Waals surface area contributed by atoms with Crippen molar-refractivity contribution < 1.29 is 4.79 Å². The minimum Gasteiger partial charge on any atom is -0.352 e. The van der Waals surface area contributed by atoms with Gasteiger partial charge in [0.1, 0.15) is 5.52 Å². The van der Waals surface area contributed by atoms with E-state index in [0.717, 1.165) is 48.3 Å². The molecule has 0 radical (unpaired) electrons. The third-order valence-electron chi connectivity index (χ3n) is 7.94. The van der Waals surface area contributed by atoms with Crippen LogP contribution in [0.5, 0.6) is 0 Å². The molecule has 3 heterocycles. The predicted octanol–water partition coefficient (Wildman–Crippen LogP) is 5.22. The Hall–Kier alpha value is -3.38. The predicted molar refractivity (Wildman–Crippen MR) is 156 cm³/mol. The van der Waals surface area contributed by atoms with E-state index in [-0.39, 0.29) is 11.5 Å². The van der Waals surface area contributed by atoms with E-state index >= 15 is 0 Å². The van der Waals surface area contributed by atoms with Crippen LogP contribution in [0.25, 0.3) is 21.8 Å². The van der Waals surface area contributed by atoms with Gasteiger partial charge in [0.2, 0.25) is 0 Å². The van der Waals surface area contributed by atoms with E-state index in [1.807, 2.05) is 35.9 Å². The third-order valence-corrected chi connectivity index (χ3v) is 7.94. The number of benzene rings is 2. The Labute approximate surface area is 225 Å². The van der Waals surface area contributed by atoms with Crippen molar-refractivity contribution in [3.8, 4) is 0 Å². The van der Waals surface area contributed by atoms with E-state index < -0.39 is 0 Å². The van der Waals surface area contributed by atoms with Crippen molar-refractivity contribution in [2.24, 2.45) is 18.9 Å². The highest BCUT2D eigenvalue weighted by Crippen LogP contribution is 2.29. The molecule has 6 nitrogen and oxygen atoms in total. The Morgan fingerprint density at radius 3 is 2.47 bits per heavy atom. The number of piperidine rings is 1. The molecular formula is C32H40N4O2. The lowest BCUT2D eigenvalue weighted by atomic mass is 9.90. The van der Waals surface area contributed by atoms with Crippen LogP contribution in [0.15, 0.2) is 65.6 Å². The SMILES string of the molecule is CC(C)Cn1cc(C(=O)NCCCN2CCC(Cc3ccccc3)CC2)c2c3ccccc3n(C)c2c1=O. The van der Waals surface area contributed by atoms with Crippen LogP contribution in [0.2, 0.25) is 0 Å². The fourth-order valence-electron chi connectivity index (χ4n) is 5.99. The number of amides is 1. The van der Waals surface area contributed by atoms with Crippen LogP contribution in [0, 0.1) is 11.8 Å². The molecule has 1 fully saturated rings. The lowest BCUT2D eigenvalue weighted by Crippen LogP contribution is -2.36. The maximum Gasteiger partial charge on any atom is 0.275 e. The molecule has 0 atom stereocenters. The molecule has 0 spiro atoms. The first-order valence-corrected chi connectivity index (χ1v) is 14.1. The van der Waals surface area contributed by atoms with Crippen LogP contribution in [0.4, 0.5) is 0 Å². The molecule has 0 aliphatic carbocycles. The van der Waals surface area contributed by atoms with E-state index in [0.29, 0.717) is 30.1 Å². The first-order valence-electron chi connectivity index (χ1n) is 14.1. The second-order valence-electron chi connectivity index (χ2n) is 11.3. The maximum absolute atomic E-state index is 13.5. The summed E-state index contributed by atoms with van der Waals surface area (Å²) in [6, 6.07) is 18.7. The van der Waals surface area contributed by atoms with Crippen molar-refractivity contribution in [2.75, 3.05) is 26.2 Å². The molecular weight excluding hydrogens is 472 g/mol. The van der Waals surface area contributed by atoms with Crippen LogP contribution >= 0.6 is 0 Å². The van der Waals surface area contributed by atoms with Crippen LogP contribution < -0.4 is 10.9 Å². The Bertz CT molecular complexity index is 1460. The average Bonchev–Trinajstić information content (AvgIpc) is 3.22. The van der Waals surface area contributed by atoms with Gasteiger partial charge in [-0.15, -0.1) is 0 Å². The number of aryl methyl sites for hydroxylation is 1. The number of fused-ring (bicyclic) bond motifs is 3. The van der Waals surface area contributed by atoms with E-state index in [1.165, 1.54) is 24.8 Å². The van der Waals surface area contributed by atoms with Gasteiger partial charge < -0.3 is 19.4 Å². The Balaban J connectivity index is 1.23. The zero-order valence-corrected chi connectivity index (χ0v) is 23.0. The zero-order valence-electron chi connectivity index (χ0n) is 23.0. The number of carbonyl (C=O) groups excluding carboxylic acids is 1. The monoisotopic (exact) mass is 512 g/mol. The van der Waals surface area contributed by atoms with Crippen molar-refractivity contribution in [2.45, 2.75) is 46.1 Å². The topological polar surface area (TPSA) is 59.3 Å². The highest BCUT2D eigenvalue weighted by atomic mass is 16.2. The Kier molecular flexibility index (Phi) is 7.98. The molecule has 1 N–H and O–H groups in total. The normalized spacial score (nSPS) is 15.1. The minimum absolute atomic E-state index is 0.0420. The second kappa shape index (κ2) is 11.6. The number of hydrogen-bond donors (Lipinski definition) is 1. The Morgan fingerprint density at radius 1 is 1.03 bits per heavy atom. The van der Waals surface area contributed by atoms with Crippen molar-refractivity contribution >= 4 is 27.7 Å². The number of pyridine rings is 1. The number of hydrogen-bond acceptors (Lipinski definition) is 3. The molecule has 200 valence electrons. The molecule has 38 heavy (non-hydrogen) atoms. The molecule has 1 aliphatic rings. The van der Waals surface area contributed by atoms with Gasteiger partial charge in [0.15, 0.2) is 0 Å². The first-order chi connectivity index (χ1) is 18.4. The van der Waals surface area contributed by atoms with E-state index in [2.05, 4.69) is 54.4 Å². The zero-order chi connectivity index (χ0) is 26.6. The van der Waals surface area contributed by atoms with E-state index in [4.69, 9.17) is 0 Å². The summed E-state index contributed by atoms with van der Waals surface area (Å²) in [6.45, 7) is 8.62. The number of nitrogens with one attached hydrogen (secondary N) is 1. The molecule has 1 amide bonds. The highest BCUT2D eigenvalue weighted by Gasteiger charge is 2.22. The fraction of sp³-hybridized carbons (Fsp3) is 0.438. The number of rotatable bonds is 9. The molecule has 6 heteroatoms. The summed E-state index contributed by atoms with van der Waals surface area (Å²) < 4.78 is 3.64. The van der Waals surface area contributed by atoms with Crippen molar-refractivity contribution in [1.29, 1.82) is 0 Å². The van der Waals surface area contributed by atoms with Crippen LogP contribution in [0.1, 0.15) is 49.0 Å². The maximum atomic E-state index is 13.5. The van der Waals surface area contributed by atoms with Crippen LogP contribution in [-0.2, 0) is 20.0 Å². The molecule has 4 aromatic rings. The van der Waals surface area contributed by atoms with Gasteiger partial charge in [-0.3, -0.25) is 9.59 Å². The van der Waals surface area contributed by atoms with Gasteiger partial charge in [-0.1, -0.05) is 62.4 Å². The Morgan fingerprint density at radius 2 is 1.74 bits per heavy atom. The summed E-state index contributed by atoms with van der Waals surface area (Å²) in [5, 5.41) is 4.86. The summed E-state index contributed by atoms with van der Waals surface area (Å²) >= 11 is 0. The molecule has 1 aliphatic heterocycles. The number of likely N-dealkylation sites (tertiary alicyclic amines) is 1. The van der Waals surface area contributed by atoms with Gasteiger partial charge in [0.25, 0.3) is 11.5 Å². The first kappa shape index (κ1) is 26.2. The number of carbonyl (C=O) groups is 1. The lowest BCUT2D eigenvalue weighted by molar-refractivity contribution is 0.0951. The molecule has 2 aromatic carbocycles. The van der Waals surface area contributed by atoms with Gasteiger partial charge in [-0.2, -0.15) is 0 Å². The number of nitrogens with zero attached hydrogens (tertiary/aromatic N) is 3. The average molecular weight is 513 g/mol. The second-order valence-corrected chi connectivity index (χ2v) is 11.3. The highest BCUT2D eigenvalue weighted by molar-refractivity contribution is 6.17. The number of para-hydroxylation sites is 1. The smallest absolute Gasteiger partial charge is 0.275 e. The summed E-state index contributed by atoms with van der Waals surface area (Å²) in [5.41, 5.74) is 3.54. The standard InChI is InChI=1S/C32H40N4O2/c1-23(2)21-36-22-27(29-26-12-7-8-13-28(26)34(3)30(29)32(36)38)31(37)33-16-9-17-35-18-14-25(15-19-35)20-24-10-5-4-6-11-24/h4-8,10-13,22-23,25H,9,14-21H2,1-3H3,(H,33,37). The van der Waals surface area contributed by atoms with Crippen LogP contribution in [-0.4, -0.2) is 46.1 Å². The molecule has 2 aromatic heterocycles. The lowest BCUT2D eigenvalue weighted by Gasteiger charge is -2.32. The fourth-order valence-corrected chi connectivity index (χ4v) is 5.99. The van der Waals surface area contributed by atoms with Crippen molar-refractivity contribution in [3.05, 3.63) is 82.3 Å². The molecule has 0 unspecified atom stereocenters. The van der Waals surface area contributed by atoms with E-state index in [9.17, 15) is 9.59 Å². The summed E-state index contributed by atoms with van der Waals surface area (Å²) in [7, 11) is 1.91. The number of aromatic nitrogens is 2. The van der Waals surface area contributed by atoms with Crippen molar-refractivity contribution in [3.63, 3.8) is 0 Å². The van der Waals surface area contributed by atoms with E-state index in [1.54, 1.807) is 10.8 Å². The van der Waals surface area contributed by atoms with Gasteiger partial charge in [-0.25, -0.2) is 0 Å². The van der Waals surface area contributed by atoms with Gasteiger partial charge in [-0.05, 0) is 68.8 Å².